The van der Waals surface area contributed by atoms with Crippen LogP contribution in [0.2, 0.25) is 5.02 Å². The molecule has 0 saturated heterocycles. The molecule has 2 aromatic carbocycles. The molecule has 0 bridgehead atoms. The fourth-order valence-corrected chi connectivity index (χ4v) is 3.75. The van der Waals surface area contributed by atoms with Crippen molar-refractivity contribution in [3.05, 3.63) is 58.6 Å². The number of anilines is 1. The summed E-state index contributed by atoms with van der Waals surface area (Å²) in [7, 11) is -3.40. The number of halogens is 1. The summed E-state index contributed by atoms with van der Waals surface area (Å²) in [6.45, 7) is 1.96. The third-order valence-electron chi connectivity index (χ3n) is 4.02. The molecule has 0 aromatic heterocycles. The Balaban J connectivity index is 2.08. The van der Waals surface area contributed by atoms with Crippen LogP contribution < -0.4 is 4.90 Å². The third-order valence-corrected chi connectivity index (χ3v) is 5.46. The van der Waals surface area contributed by atoms with E-state index in [2.05, 4.69) is 0 Å². The highest BCUT2D eigenvalue weighted by molar-refractivity contribution is 7.90. The molecular formula is C17H16ClNO3S. The van der Waals surface area contributed by atoms with E-state index < -0.39 is 9.84 Å². The number of carbonyl (C=O) groups is 1. The first-order valence-electron chi connectivity index (χ1n) is 7.20. The second kappa shape index (κ2) is 5.65. The molecule has 120 valence electrons. The summed E-state index contributed by atoms with van der Waals surface area (Å²) in [6, 6.07) is 11.9. The zero-order chi connectivity index (χ0) is 16.8. The first-order chi connectivity index (χ1) is 10.8. The SMILES string of the molecule is C[C@H]1Cc2ccccc2N1C(=O)c1cc(S(C)(=O)=O)ccc1Cl. The van der Waals surface area contributed by atoms with Gasteiger partial charge >= 0.3 is 0 Å². The van der Waals surface area contributed by atoms with Crippen LogP contribution in [0.15, 0.2) is 47.4 Å². The van der Waals surface area contributed by atoms with E-state index in [1.807, 2.05) is 31.2 Å². The predicted molar refractivity (Wildman–Crippen MR) is 91.0 cm³/mol. The quantitative estimate of drug-likeness (QED) is 0.835. The number of hydrogen-bond donors (Lipinski definition) is 0. The van der Waals surface area contributed by atoms with E-state index in [4.69, 9.17) is 11.6 Å². The molecule has 0 saturated carbocycles. The molecule has 1 atom stereocenters. The molecule has 1 aliphatic rings. The Hall–Kier alpha value is -1.85. The lowest BCUT2D eigenvalue weighted by Crippen LogP contribution is -2.36. The molecule has 0 aliphatic carbocycles. The molecule has 4 nitrogen and oxygen atoms in total. The van der Waals surface area contributed by atoms with Crippen molar-refractivity contribution >= 4 is 33.0 Å². The lowest BCUT2D eigenvalue weighted by Gasteiger charge is -2.23. The van der Waals surface area contributed by atoms with Gasteiger partial charge in [0.25, 0.3) is 5.91 Å². The highest BCUT2D eigenvalue weighted by Gasteiger charge is 2.32. The van der Waals surface area contributed by atoms with Gasteiger partial charge in [0.2, 0.25) is 0 Å². The number of rotatable bonds is 2. The van der Waals surface area contributed by atoms with Crippen molar-refractivity contribution in [2.45, 2.75) is 24.3 Å². The van der Waals surface area contributed by atoms with Crippen LogP contribution in [0.1, 0.15) is 22.8 Å². The topological polar surface area (TPSA) is 54.5 Å². The van der Waals surface area contributed by atoms with E-state index in [1.54, 1.807) is 4.90 Å². The first kappa shape index (κ1) is 16.0. The van der Waals surface area contributed by atoms with Crippen molar-refractivity contribution in [3.63, 3.8) is 0 Å². The summed E-state index contributed by atoms with van der Waals surface area (Å²) in [5, 5.41) is 0.249. The second-order valence-corrected chi connectivity index (χ2v) is 8.19. The van der Waals surface area contributed by atoms with Crippen molar-refractivity contribution in [2.75, 3.05) is 11.2 Å². The van der Waals surface area contributed by atoms with Gasteiger partial charge in [-0.1, -0.05) is 29.8 Å². The van der Waals surface area contributed by atoms with Crippen LogP contribution in [-0.2, 0) is 16.3 Å². The minimum Gasteiger partial charge on any atom is -0.305 e. The molecule has 0 radical (unpaired) electrons. The number of nitrogens with zero attached hydrogens (tertiary/aromatic N) is 1. The molecule has 1 aliphatic heterocycles. The van der Waals surface area contributed by atoms with Gasteiger partial charge in [-0.25, -0.2) is 8.42 Å². The number of hydrogen-bond acceptors (Lipinski definition) is 3. The van der Waals surface area contributed by atoms with Crippen LogP contribution in [-0.4, -0.2) is 26.6 Å². The van der Waals surface area contributed by atoms with Gasteiger partial charge < -0.3 is 4.90 Å². The zero-order valence-corrected chi connectivity index (χ0v) is 14.4. The summed E-state index contributed by atoms with van der Waals surface area (Å²) in [5.41, 5.74) is 2.16. The van der Waals surface area contributed by atoms with E-state index in [-0.39, 0.29) is 27.4 Å². The monoisotopic (exact) mass is 349 g/mol. The molecule has 1 amide bonds. The molecule has 3 rings (SSSR count). The molecule has 23 heavy (non-hydrogen) atoms. The van der Waals surface area contributed by atoms with Crippen molar-refractivity contribution in [1.82, 2.24) is 0 Å². The molecule has 0 N–H and O–H groups in total. The molecule has 0 fully saturated rings. The first-order valence-corrected chi connectivity index (χ1v) is 9.47. The highest BCUT2D eigenvalue weighted by Crippen LogP contribution is 2.34. The Morgan fingerprint density at radius 3 is 2.61 bits per heavy atom. The zero-order valence-electron chi connectivity index (χ0n) is 12.8. The van der Waals surface area contributed by atoms with E-state index in [1.165, 1.54) is 18.2 Å². The van der Waals surface area contributed by atoms with Gasteiger partial charge in [-0.2, -0.15) is 0 Å². The summed E-state index contributed by atoms with van der Waals surface area (Å²) in [5.74, 6) is -0.280. The van der Waals surface area contributed by atoms with Crippen LogP contribution in [0.5, 0.6) is 0 Å². The van der Waals surface area contributed by atoms with Gasteiger partial charge in [0.15, 0.2) is 9.84 Å². The van der Waals surface area contributed by atoms with Gasteiger partial charge in [-0.05, 0) is 43.2 Å². The van der Waals surface area contributed by atoms with Crippen LogP contribution in [0.3, 0.4) is 0 Å². The average Bonchev–Trinajstić information content (AvgIpc) is 2.81. The van der Waals surface area contributed by atoms with E-state index >= 15 is 0 Å². The predicted octanol–water partition coefficient (Wildman–Crippen LogP) is 3.33. The van der Waals surface area contributed by atoms with E-state index in [9.17, 15) is 13.2 Å². The summed E-state index contributed by atoms with van der Waals surface area (Å²) >= 11 is 6.15. The van der Waals surface area contributed by atoms with Gasteiger partial charge in [0, 0.05) is 18.0 Å². The Morgan fingerprint density at radius 2 is 1.91 bits per heavy atom. The largest absolute Gasteiger partial charge is 0.305 e. The van der Waals surface area contributed by atoms with Gasteiger partial charge in [-0.15, -0.1) is 0 Å². The Morgan fingerprint density at radius 1 is 1.22 bits per heavy atom. The van der Waals surface area contributed by atoms with Crippen LogP contribution >= 0.6 is 11.6 Å². The Labute approximate surface area is 140 Å². The smallest absolute Gasteiger partial charge is 0.260 e. The lowest BCUT2D eigenvalue weighted by atomic mass is 10.1. The van der Waals surface area contributed by atoms with Crippen LogP contribution in [0.4, 0.5) is 5.69 Å². The number of carbonyl (C=O) groups excluding carboxylic acids is 1. The fourth-order valence-electron chi connectivity index (χ4n) is 2.90. The molecule has 0 spiro atoms. The molecule has 2 aromatic rings. The Kier molecular flexibility index (Phi) is 3.94. The minimum absolute atomic E-state index is 0.00198. The van der Waals surface area contributed by atoms with Gasteiger partial charge in [0.1, 0.15) is 0 Å². The normalized spacial score (nSPS) is 17.2. The standard InChI is InChI=1S/C17H16ClNO3S/c1-11-9-12-5-3-4-6-16(12)19(11)17(20)14-10-13(23(2,21)22)7-8-15(14)18/h3-8,10-11H,9H2,1-2H3/t11-/m0/s1. The van der Waals surface area contributed by atoms with Crippen molar-refractivity contribution in [1.29, 1.82) is 0 Å². The van der Waals surface area contributed by atoms with E-state index in [0.717, 1.165) is 23.9 Å². The molecule has 1 heterocycles. The van der Waals surface area contributed by atoms with Gasteiger partial charge in [0.05, 0.1) is 15.5 Å². The number of sulfone groups is 1. The maximum atomic E-state index is 13.0. The third kappa shape index (κ3) is 2.86. The minimum atomic E-state index is -3.40. The maximum Gasteiger partial charge on any atom is 0.260 e. The maximum absolute atomic E-state index is 13.0. The molecule has 6 heteroatoms. The number of amides is 1. The lowest BCUT2D eigenvalue weighted by molar-refractivity contribution is 0.0981. The number of fused-ring (bicyclic) bond motifs is 1. The summed E-state index contributed by atoms with van der Waals surface area (Å²) < 4.78 is 23.5. The van der Waals surface area contributed by atoms with Crippen molar-refractivity contribution in [3.8, 4) is 0 Å². The van der Waals surface area contributed by atoms with E-state index in [0.29, 0.717) is 0 Å². The van der Waals surface area contributed by atoms with Crippen molar-refractivity contribution in [2.24, 2.45) is 0 Å². The average molecular weight is 350 g/mol. The highest BCUT2D eigenvalue weighted by atomic mass is 35.5. The van der Waals surface area contributed by atoms with Crippen molar-refractivity contribution < 1.29 is 13.2 Å². The number of para-hydroxylation sites is 1. The molecular weight excluding hydrogens is 334 g/mol. The van der Waals surface area contributed by atoms with Crippen LogP contribution in [0, 0.1) is 0 Å². The fraction of sp³-hybridized carbons (Fsp3) is 0.235. The summed E-state index contributed by atoms with van der Waals surface area (Å²) in [4.78, 5) is 14.7. The number of benzene rings is 2. The second-order valence-electron chi connectivity index (χ2n) is 5.77. The van der Waals surface area contributed by atoms with Crippen LogP contribution in [0.25, 0.3) is 0 Å². The summed E-state index contributed by atoms with van der Waals surface area (Å²) in [6.07, 6.45) is 1.88. The Bertz CT molecular complexity index is 892. The van der Waals surface area contributed by atoms with Gasteiger partial charge in [-0.3, -0.25) is 4.79 Å². The molecule has 0 unspecified atom stereocenters.